The predicted molar refractivity (Wildman–Crippen MR) is 57.2 cm³/mol. The van der Waals surface area contributed by atoms with Gasteiger partial charge >= 0.3 is 0 Å². The van der Waals surface area contributed by atoms with Crippen LogP contribution in [0.3, 0.4) is 0 Å². The van der Waals surface area contributed by atoms with Gasteiger partial charge in [0, 0.05) is 0 Å². The lowest BCUT2D eigenvalue weighted by atomic mass is 10.2. The highest BCUT2D eigenvalue weighted by molar-refractivity contribution is 5.13. The van der Waals surface area contributed by atoms with Crippen molar-refractivity contribution >= 4 is 0 Å². The lowest BCUT2D eigenvalue weighted by molar-refractivity contribution is 0.0606. The van der Waals surface area contributed by atoms with Crippen molar-refractivity contribution in [3.8, 4) is 0 Å². The molecule has 1 nitrogen and oxygen atoms in total. The van der Waals surface area contributed by atoms with Crippen molar-refractivity contribution in [2.24, 2.45) is 0 Å². The Morgan fingerprint density at radius 2 is 1.93 bits per heavy atom. The Morgan fingerprint density at radius 1 is 1.21 bits per heavy atom. The lowest BCUT2D eigenvalue weighted by Crippen LogP contribution is -2.09. The molecule has 0 bridgehead atoms. The molecule has 1 aromatic rings. The highest BCUT2D eigenvalue weighted by Crippen LogP contribution is 2.20. The molecule has 0 saturated heterocycles. The molecule has 0 spiro atoms. The second kappa shape index (κ2) is 5.16. The van der Waals surface area contributed by atoms with Crippen molar-refractivity contribution in [3.05, 3.63) is 35.9 Å². The van der Waals surface area contributed by atoms with Gasteiger partial charge in [0.25, 0.3) is 0 Å². The van der Waals surface area contributed by atoms with Gasteiger partial charge in [-0.2, -0.15) is 0 Å². The van der Waals surface area contributed by atoms with Crippen LogP contribution in [0.15, 0.2) is 24.3 Å². The molecule has 1 aromatic carbocycles. The fourth-order valence-electron chi connectivity index (χ4n) is 1.99. The van der Waals surface area contributed by atoms with Crippen LogP contribution in [0.2, 0.25) is 0 Å². The fraction of sp³-hybridized carbons (Fsp3) is 0.538. The van der Waals surface area contributed by atoms with Gasteiger partial charge in [-0.15, -0.1) is 0 Å². The molecule has 0 aromatic heterocycles. The van der Waals surface area contributed by atoms with Gasteiger partial charge < -0.3 is 4.74 Å². The summed E-state index contributed by atoms with van der Waals surface area (Å²) < 4.78 is 5.80. The van der Waals surface area contributed by atoms with Gasteiger partial charge in [-0.3, -0.25) is 0 Å². The molecule has 0 amide bonds. The van der Waals surface area contributed by atoms with Crippen molar-refractivity contribution < 1.29 is 4.74 Å². The number of ether oxygens (including phenoxy) is 1. The third kappa shape index (κ3) is 2.85. The zero-order valence-corrected chi connectivity index (χ0v) is 8.54. The molecule has 14 heavy (non-hydrogen) atoms. The average Bonchev–Trinajstić information content (AvgIpc) is 2.72. The van der Waals surface area contributed by atoms with E-state index in [2.05, 4.69) is 18.2 Å². The monoisotopic (exact) mass is 189 g/mol. The van der Waals surface area contributed by atoms with Gasteiger partial charge in [0.2, 0.25) is 0 Å². The quantitative estimate of drug-likeness (QED) is 0.707. The standard InChI is InChI=1S/C13H17O/c1-2-6-12(7-3-1)10-11-14-13-8-4-5-9-13/h2-3,6-7,13H,4-5,8-11H2. The molecule has 1 fully saturated rings. The summed E-state index contributed by atoms with van der Waals surface area (Å²) in [6.45, 7) is 0.870. The van der Waals surface area contributed by atoms with Gasteiger partial charge in [-0.1, -0.05) is 37.1 Å². The van der Waals surface area contributed by atoms with E-state index in [-0.39, 0.29) is 0 Å². The van der Waals surface area contributed by atoms with Crippen molar-refractivity contribution in [1.82, 2.24) is 0 Å². The minimum absolute atomic E-state index is 0.547. The summed E-state index contributed by atoms with van der Waals surface area (Å²) in [7, 11) is 0. The topological polar surface area (TPSA) is 9.23 Å². The van der Waals surface area contributed by atoms with E-state index in [4.69, 9.17) is 4.74 Å². The van der Waals surface area contributed by atoms with Gasteiger partial charge in [0.1, 0.15) is 0 Å². The Kier molecular flexibility index (Phi) is 3.58. The Balaban J connectivity index is 1.67. The first-order chi connectivity index (χ1) is 6.95. The molecule has 1 aliphatic carbocycles. The molecular formula is C13H17O. The van der Waals surface area contributed by atoms with Crippen LogP contribution in [-0.2, 0) is 11.2 Å². The third-order valence-electron chi connectivity index (χ3n) is 2.83. The molecular weight excluding hydrogens is 172 g/mol. The summed E-state index contributed by atoms with van der Waals surface area (Å²) in [6, 6.07) is 11.2. The zero-order chi connectivity index (χ0) is 9.64. The summed E-state index contributed by atoms with van der Waals surface area (Å²) in [4.78, 5) is 0. The van der Waals surface area contributed by atoms with Crippen LogP contribution in [0.25, 0.3) is 0 Å². The summed E-state index contributed by atoms with van der Waals surface area (Å²) >= 11 is 0. The SMILES string of the molecule is [c]1ccc(CCOC2CCCC2)cc1. The van der Waals surface area contributed by atoms with Crippen LogP contribution >= 0.6 is 0 Å². The summed E-state index contributed by atoms with van der Waals surface area (Å²) in [5.74, 6) is 0. The van der Waals surface area contributed by atoms with E-state index in [9.17, 15) is 0 Å². The number of rotatable bonds is 4. The highest BCUT2D eigenvalue weighted by atomic mass is 16.5. The van der Waals surface area contributed by atoms with Crippen molar-refractivity contribution in [1.29, 1.82) is 0 Å². The van der Waals surface area contributed by atoms with Crippen molar-refractivity contribution in [3.63, 3.8) is 0 Å². The molecule has 1 aliphatic rings. The minimum Gasteiger partial charge on any atom is -0.378 e. The van der Waals surface area contributed by atoms with E-state index in [1.807, 2.05) is 12.1 Å². The van der Waals surface area contributed by atoms with E-state index in [0.717, 1.165) is 13.0 Å². The van der Waals surface area contributed by atoms with E-state index in [1.54, 1.807) is 0 Å². The zero-order valence-electron chi connectivity index (χ0n) is 8.54. The van der Waals surface area contributed by atoms with Gasteiger partial charge in [0.15, 0.2) is 0 Å². The van der Waals surface area contributed by atoms with Crippen LogP contribution in [0.4, 0.5) is 0 Å². The van der Waals surface area contributed by atoms with E-state index >= 15 is 0 Å². The summed E-state index contributed by atoms with van der Waals surface area (Å²) in [5, 5.41) is 0. The predicted octanol–water partition coefficient (Wildman–Crippen LogP) is 2.99. The molecule has 0 atom stereocenters. The van der Waals surface area contributed by atoms with E-state index < -0.39 is 0 Å². The number of hydrogen-bond acceptors (Lipinski definition) is 1. The van der Waals surface area contributed by atoms with E-state index in [1.165, 1.54) is 31.2 Å². The molecule has 1 heteroatoms. The third-order valence-corrected chi connectivity index (χ3v) is 2.83. The first-order valence-electron chi connectivity index (χ1n) is 5.52. The van der Waals surface area contributed by atoms with Crippen LogP contribution in [0.1, 0.15) is 31.2 Å². The maximum atomic E-state index is 5.80. The average molecular weight is 189 g/mol. The first-order valence-corrected chi connectivity index (χ1v) is 5.52. The normalized spacial score (nSPS) is 17.4. The fourth-order valence-corrected chi connectivity index (χ4v) is 1.99. The Labute approximate surface area is 86.1 Å². The second-order valence-electron chi connectivity index (χ2n) is 3.94. The van der Waals surface area contributed by atoms with Crippen LogP contribution < -0.4 is 0 Å². The molecule has 1 saturated carbocycles. The Morgan fingerprint density at radius 3 is 2.64 bits per heavy atom. The maximum absolute atomic E-state index is 5.80. The van der Waals surface area contributed by atoms with Gasteiger partial charge in [0.05, 0.1) is 12.7 Å². The molecule has 0 heterocycles. The largest absolute Gasteiger partial charge is 0.378 e. The van der Waals surface area contributed by atoms with Crippen LogP contribution in [0.5, 0.6) is 0 Å². The van der Waals surface area contributed by atoms with Crippen molar-refractivity contribution in [2.45, 2.75) is 38.2 Å². The molecule has 0 aliphatic heterocycles. The first kappa shape index (κ1) is 9.72. The minimum atomic E-state index is 0.547. The van der Waals surface area contributed by atoms with Gasteiger partial charge in [-0.25, -0.2) is 0 Å². The summed E-state index contributed by atoms with van der Waals surface area (Å²) in [6.07, 6.45) is 6.82. The molecule has 0 unspecified atom stereocenters. The maximum Gasteiger partial charge on any atom is 0.0575 e. The molecule has 1 radical (unpaired) electrons. The molecule has 75 valence electrons. The second-order valence-corrected chi connectivity index (χ2v) is 3.94. The number of hydrogen-bond donors (Lipinski definition) is 0. The van der Waals surface area contributed by atoms with Gasteiger partial charge in [-0.05, 0) is 30.9 Å². The number of benzene rings is 1. The van der Waals surface area contributed by atoms with E-state index in [0.29, 0.717) is 6.10 Å². The Hall–Kier alpha value is -0.820. The van der Waals surface area contributed by atoms with Crippen LogP contribution in [-0.4, -0.2) is 12.7 Å². The Bertz CT molecular complexity index is 249. The smallest absolute Gasteiger partial charge is 0.0575 e. The highest BCUT2D eigenvalue weighted by Gasteiger charge is 2.14. The van der Waals surface area contributed by atoms with Crippen molar-refractivity contribution in [2.75, 3.05) is 6.61 Å². The lowest BCUT2D eigenvalue weighted by Gasteiger charge is -2.10. The van der Waals surface area contributed by atoms with Crippen LogP contribution in [0, 0.1) is 6.07 Å². The molecule has 0 N–H and O–H groups in total. The summed E-state index contributed by atoms with van der Waals surface area (Å²) in [5.41, 5.74) is 1.35. The molecule has 2 rings (SSSR count).